The van der Waals surface area contributed by atoms with Crippen molar-refractivity contribution in [1.82, 2.24) is 0 Å². The van der Waals surface area contributed by atoms with Gasteiger partial charge in [-0.3, -0.25) is 0 Å². The summed E-state index contributed by atoms with van der Waals surface area (Å²) in [5, 5.41) is 0. The minimum absolute atomic E-state index is 0.301. The number of rotatable bonds is 1. The first-order chi connectivity index (χ1) is 5.40. The monoisotopic (exact) mass is 169 g/mol. The van der Waals surface area contributed by atoms with E-state index in [1.807, 2.05) is 6.07 Å². The fraction of sp³-hybridized carbons (Fsp3) is 0.250. The zero-order valence-electron chi connectivity index (χ0n) is 5.76. The van der Waals surface area contributed by atoms with E-state index in [4.69, 9.17) is 21.1 Å². The Morgan fingerprint density at radius 2 is 2.27 bits per heavy atom. The molecule has 0 fully saturated rings. The molecular weight excluding hydrogens is 164 g/mol. The Hall–Kier alpha value is -0.890. The molecule has 0 saturated heterocycles. The molecule has 1 aromatic rings. The normalized spacial score (nSPS) is 13.5. The molecule has 0 aromatic heterocycles. The van der Waals surface area contributed by atoms with Crippen LogP contribution in [0.25, 0.3) is 0 Å². The Kier molecular flexibility index (Phi) is 1.62. The van der Waals surface area contributed by atoms with Crippen molar-refractivity contribution >= 4 is 11.6 Å². The van der Waals surface area contributed by atoms with Crippen LogP contribution in [-0.4, -0.2) is 6.79 Å². The fourth-order valence-corrected chi connectivity index (χ4v) is 1.11. The summed E-state index contributed by atoms with van der Waals surface area (Å²) in [4.78, 5) is 0. The Morgan fingerprint density at radius 1 is 1.45 bits per heavy atom. The van der Waals surface area contributed by atoms with Gasteiger partial charge in [0, 0.05) is 5.88 Å². The maximum Gasteiger partial charge on any atom is 0.231 e. The van der Waals surface area contributed by atoms with Crippen molar-refractivity contribution in [3.05, 3.63) is 23.8 Å². The quantitative estimate of drug-likeness (QED) is 0.599. The van der Waals surface area contributed by atoms with Crippen molar-refractivity contribution in [1.29, 1.82) is 0 Å². The van der Waals surface area contributed by atoms with Gasteiger partial charge in [0.1, 0.15) is 0 Å². The SMILES string of the molecule is ClCc1[c]cc2c(c1)OCO2. The smallest absolute Gasteiger partial charge is 0.231 e. The number of hydrogen-bond donors (Lipinski definition) is 0. The summed E-state index contributed by atoms with van der Waals surface area (Å²) in [6.07, 6.45) is 0. The lowest BCUT2D eigenvalue weighted by molar-refractivity contribution is 0.174. The van der Waals surface area contributed by atoms with Crippen LogP contribution in [0, 0.1) is 6.07 Å². The topological polar surface area (TPSA) is 18.5 Å². The summed E-state index contributed by atoms with van der Waals surface area (Å²) in [5.41, 5.74) is 0.927. The van der Waals surface area contributed by atoms with Crippen LogP contribution in [0.3, 0.4) is 0 Å². The molecule has 0 bridgehead atoms. The molecule has 1 aromatic carbocycles. The number of ether oxygens (including phenoxy) is 2. The Bertz CT molecular complexity index is 273. The summed E-state index contributed by atoms with van der Waals surface area (Å²) >= 11 is 5.60. The Morgan fingerprint density at radius 3 is 3.09 bits per heavy atom. The average Bonchev–Trinajstić information content (AvgIpc) is 2.50. The van der Waals surface area contributed by atoms with Gasteiger partial charge in [0.25, 0.3) is 0 Å². The molecule has 1 radical (unpaired) electrons. The summed E-state index contributed by atoms with van der Waals surface area (Å²) in [6, 6.07) is 6.57. The first kappa shape index (κ1) is 6.80. The van der Waals surface area contributed by atoms with Gasteiger partial charge in [0.05, 0.1) is 0 Å². The third kappa shape index (κ3) is 1.14. The van der Waals surface area contributed by atoms with Crippen molar-refractivity contribution in [2.45, 2.75) is 5.88 Å². The highest BCUT2D eigenvalue weighted by Crippen LogP contribution is 2.32. The highest BCUT2D eigenvalue weighted by atomic mass is 35.5. The van der Waals surface area contributed by atoms with Crippen LogP contribution in [0.4, 0.5) is 0 Å². The number of hydrogen-bond acceptors (Lipinski definition) is 2. The van der Waals surface area contributed by atoms with E-state index in [2.05, 4.69) is 6.07 Å². The molecule has 3 heteroatoms. The van der Waals surface area contributed by atoms with E-state index in [1.165, 1.54) is 0 Å². The van der Waals surface area contributed by atoms with Crippen molar-refractivity contribution in [3.8, 4) is 11.5 Å². The summed E-state index contributed by atoms with van der Waals surface area (Å²) in [7, 11) is 0. The van der Waals surface area contributed by atoms with Gasteiger partial charge < -0.3 is 9.47 Å². The number of alkyl halides is 1. The fourth-order valence-electron chi connectivity index (χ4n) is 0.960. The summed E-state index contributed by atoms with van der Waals surface area (Å²) in [6.45, 7) is 0.301. The van der Waals surface area contributed by atoms with E-state index in [0.717, 1.165) is 17.1 Å². The summed E-state index contributed by atoms with van der Waals surface area (Å²) in [5.74, 6) is 1.97. The Balaban J connectivity index is 2.41. The van der Waals surface area contributed by atoms with Crippen molar-refractivity contribution in [2.75, 3.05) is 6.79 Å². The van der Waals surface area contributed by atoms with Crippen LogP contribution >= 0.6 is 11.6 Å². The van der Waals surface area contributed by atoms with Gasteiger partial charge in [-0.2, -0.15) is 0 Å². The molecular formula is C8H6ClO2. The zero-order valence-corrected chi connectivity index (χ0v) is 6.52. The van der Waals surface area contributed by atoms with E-state index in [1.54, 1.807) is 6.07 Å². The van der Waals surface area contributed by atoms with Crippen molar-refractivity contribution < 1.29 is 9.47 Å². The molecule has 0 amide bonds. The summed E-state index contributed by atoms with van der Waals surface area (Å²) < 4.78 is 10.2. The van der Waals surface area contributed by atoms with Gasteiger partial charge in [-0.05, 0) is 23.8 Å². The number of fused-ring (bicyclic) bond motifs is 1. The molecule has 0 unspecified atom stereocenters. The van der Waals surface area contributed by atoms with Gasteiger partial charge in [0.2, 0.25) is 6.79 Å². The first-order valence-electron chi connectivity index (χ1n) is 3.26. The van der Waals surface area contributed by atoms with E-state index >= 15 is 0 Å². The lowest BCUT2D eigenvalue weighted by Crippen LogP contribution is -1.92. The van der Waals surface area contributed by atoms with Crippen molar-refractivity contribution in [3.63, 3.8) is 0 Å². The van der Waals surface area contributed by atoms with Crippen LogP contribution in [-0.2, 0) is 5.88 Å². The molecule has 0 aliphatic carbocycles. The minimum atomic E-state index is 0.301. The minimum Gasteiger partial charge on any atom is -0.454 e. The highest BCUT2D eigenvalue weighted by Gasteiger charge is 2.12. The van der Waals surface area contributed by atoms with E-state index in [0.29, 0.717) is 12.7 Å². The molecule has 57 valence electrons. The van der Waals surface area contributed by atoms with Crippen molar-refractivity contribution in [2.24, 2.45) is 0 Å². The Labute approximate surface area is 69.7 Å². The molecule has 0 spiro atoms. The lowest BCUT2D eigenvalue weighted by atomic mass is 10.2. The molecule has 0 N–H and O–H groups in total. The van der Waals surface area contributed by atoms with Gasteiger partial charge in [-0.1, -0.05) is 0 Å². The second-order valence-corrected chi connectivity index (χ2v) is 2.49. The molecule has 2 nitrogen and oxygen atoms in total. The second kappa shape index (κ2) is 2.62. The maximum absolute atomic E-state index is 5.60. The average molecular weight is 170 g/mol. The van der Waals surface area contributed by atoms with Gasteiger partial charge in [-0.15, -0.1) is 11.6 Å². The number of benzene rings is 1. The van der Waals surface area contributed by atoms with Crippen LogP contribution in [0.5, 0.6) is 11.5 Å². The van der Waals surface area contributed by atoms with Gasteiger partial charge >= 0.3 is 0 Å². The van der Waals surface area contributed by atoms with Crippen LogP contribution in [0.1, 0.15) is 5.56 Å². The van der Waals surface area contributed by atoms with Crippen LogP contribution < -0.4 is 9.47 Å². The third-order valence-corrected chi connectivity index (χ3v) is 1.80. The zero-order chi connectivity index (χ0) is 7.68. The first-order valence-corrected chi connectivity index (χ1v) is 3.80. The largest absolute Gasteiger partial charge is 0.454 e. The highest BCUT2D eigenvalue weighted by molar-refractivity contribution is 6.17. The molecule has 1 aliphatic rings. The molecule has 2 rings (SSSR count). The molecule has 0 atom stereocenters. The second-order valence-electron chi connectivity index (χ2n) is 2.23. The molecule has 1 heterocycles. The van der Waals surface area contributed by atoms with Gasteiger partial charge in [-0.25, -0.2) is 0 Å². The number of halogens is 1. The van der Waals surface area contributed by atoms with Gasteiger partial charge in [0.15, 0.2) is 11.5 Å². The van der Waals surface area contributed by atoms with Crippen LogP contribution in [0.2, 0.25) is 0 Å². The molecule has 11 heavy (non-hydrogen) atoms. The third-order valence-electron chi connectivity index (χ3n) is 1.51. The van der Waals surface area contributed by atoms with E-state index in [-0.39, 0.29) is 0 Å². The van der Waals surface area contributed by atoms with Crippen LogP contribution in [0.15, 0.2) is 12.1 Å². The lowest BCUT2D eigenvalue weighted by Gasteiger charge is -1.96. The standard InChI is InChI=1S/C8H6ClO2/c9-4-6-1-2-7-8(3-6)11-5-10-7/h2-3H,4-5H2. The predicted molar refractivity (Wildman–Crippen MR) is 41.0 cm³/mol. The maximum atomic E-state index is 5.60. The molecule has 1 aliphatic heterocycles. The predicted octanol–water partition coefficient (Wildman–Crippen LogP) is 1.95. The molecule has 0 saturated carbocycles. The van der Waals surface area contributed by atoms with E-state index in [9.17, 15) is 0 Å². The van der Waals surface area contributed by atoms with E-state index < -0.39 is 0 Å².